The molecule has 0 nitrogen and oxygen atoms in total. The Morgan fingerprint density at radius 2 is 1.62 bits per heavy atom. The summed E-state index contributed by atoms with van der Waals surface area (Å²) in [7, 11) is 0. The van der Waals surface area contributed by atoms with E-state index in [-0.39, 0.29) is 0 Å². The van der Waals surface area contributed by atoms with Gasteiger partial charge in [0.15, 0.2) is 0 Å². The van der Waals surface area contributed by atoms with Crippen LogP contribution in [0, 0.1) is 13.8 Å². The highest BCUT2D eigenvalue weighted by Gasteiger charge is 2.05. The van der Waals surface area contributed by atoms with E-state index in [1.807, 2.05) is 26.0 Å². The predicted octanol–water partition coefficient (Wildman–Crippen LogP) is 4.68. The van der Waals surface area contributed by atoms with Crippen LogP contribution in [0.5, 0.6) is 0 Å². The van der Waals surface area contributed by atoms with Gasteiger partial charge in [0, 0.05) is 9.75 Å². The van der Waals surface area contributed by atoms with Gasteiger partial charge in [0.05, 0.1) is 0 Å². The summed E-state index contributed by atoms with van der Waals surface area (Å²) in [5.41, 5.74) is 2.57. The van der Waals surface area contributed by atoms with Crippen LogP contribution < -0.4 is 0 Å². The maximum absolute atomic E-state index is 3.77. The van der Waals surface area contributed by atoms with Crippen LogP contribution in [0.25, 0.3) is 12.2 Å². The molecule has 0 amide bonds. The zero-order valence-electron chi connectivity index (χ0n) is 8.98. The van der Waals surface area contributed by atoms with Gasteiger partial charge in [-0.25, -0.2) is 0 Å². The SMILES string of the molecule is C=Cc1sc(C)c(C)c1C=C.CC. The molecule has 0 aromatic carbocycles. The minimum atomic E-state index is 1.23. The van der Waals surface area contributed by atoms with Gasteiger partial charge in [-0.2, -0.15) is 0 Å². The Kier molecular flexibility index (Phi) is 5.40. The third kappa shape index (κ3) is 2.56. The highest BCUT2D eigenvalue weighted by molar-refractivity contribution is 7.13. The first kappa shape index (κ1) is 12.2. The van der Waals surface area contributed by atoms with Crippen molar-refractivity contribution in [3.05, 3.63) is 34.0 Å². The summed E-state index contributed by atoms with van der Waals surface area (Å²) in [5.74, 6) is 0. The first-order valence-corrected chi connectivity index (χ1v) is 5.37. The Morgan fingerprint density at radius 1 is 1.08 bits per heavy atom. The first-order valence-electron chi connectivity index (χ1n) is 4.55. The van der Waals surface area contributed by atoms with Gasteiger partial charge in [-0.05, 0) is 25.0 Å². The van der Waals surface area contributed by atoms with Gasteiger partial charge in [-0.1, -0.05) is 39.2 Å². The lowest BCUT2D eigenvalue weighted by atomic mass is 10.1. The Balaban J connectivity index is 0.000000671. The average molecular weight is 194 g/mol. The van der Waals surface area contributed by atoms with Crippen LogP contribution in [0.3, 0.4) is 0 Å². The van der Waals surface area contributed by atoms with Crippen molar-refractivity contribution in [3.8, 4) is 0 Å². The molecule has 13 heavy (non-hydrogen) atoms. The molecule has 1 heteroatoms. The maximum atomic E-state index is 3.77. The smallest absolute Gasteiger partial charge is 0.0342 e. The van der Waals surface area contributed by atoms with Crippen LogP contribution in [0.15, 0.2) is 13.2 Å². The van der Waals surface area contributed by atoms with Crippen molar-refractivity contribution in [1.82, 2.24) is 0 Å². The highest BCUT2D eigenvalue weighted by Crippen LogP contribution is 2.28. The Morgan fingerprint density at radius 3 is 1.92 bits per heavy atom. The van der Waals surface area contributed by atoms with Gasteiger partial charge in [0.1, 0.15) is 0 Å². The van der Waals surface area contributed by atoms with Gasteiger partial charge in [-0.3, -0.25) is 0 Å². The first-order chi connectivity index (χ1) is 6.20. The molecule has 1 heterocycles. The topological polar surface area (TPSA) is 0 Å². The lowest BCUT2D eigenvalue weighted by Gasteiger charge is -1.91. The van der Waals surface area contributed by atoms with E-state index in [4.69, 9.17) is 0 Å². The summed E-state index contributed by atoms with van der Waals surface area (Å²) in [6, 6.07) is 0. The summed E-state index contributed by atoms with van der Waals surface area (Å²) in [4.78, 5) is 2.59. The van der Waals surface area contributed by atoms with Crippen molar-refractivity contribution < 1.29 is 0 Å². The second-order valence-corrected chi connectivity index (χ2v) is 3.73. The molecule has 0 atom stereocenters. The van der Waals surface area contributed by atoms with Crippen LogP contribution in [0.4, 0.5) is 0 Å². The Bertz CT molecular complexity index is 292. The van der Waals surface area contributed by atoms with E-state index >= 15 is 0 Å². The van der Waals surface area contributed by atoms with Gasteiger partial charge >= 0.3 is 0 Å². The molecular formula is C12H18S. The Labute approximate surface area is 85.6 Å². The molecule has 72 valence electrons. The fourth-order valence-corrected chi connectivity index (χ4v) is 2.10. The second-order valence-electron chi connectivity index (χ2n) is 2.47. The summed E-state index contributed by atoms with van der Waals surface area (Å²) in [6.45, 7) is 15.8. The third-order valence-electron chi connectivity index (χ3n) is 1.85. The molecule has 1 rings (SSSR count). The largest absolute Gasteiger partial charge is 0.140 e. The molecule has 0 aliphatic carbocycles. The van der Waals surface area contributed by atoms with E-state index < -0.39 is 0 Å². The minimum Gasteiger partial charge on any atom is -0.140 e. The Hall–Kier alpha value is -0.820. The lowest BCUT2D eigenvalue weighted by Crippen LogP contribution is -1.74. The van der Waals surface area contributed by atoms with Crippen LogP contribution in [-0.2, 0) is 0 Å². The number of aryl methyl sites for hydroxylation is 1. The molecule has 1 aromatic heterocycles. The molecule has 0 N–H and O–H groups in total. The second kappa shape index (κ2) is 5.76. The van der Waals surface area contributed by atoms with Crippen molar-refractivity contribution >= 4 is 23.5 Å². The van der Waals surface area contributed by atoms with Crippen LogP contribution in [0.1, 0.15) is 34.7 Å². The molecule has 0 aliphatic rings. The fraction of sp³-hybridized carbons (Fsp3) is 0.333. The van der Waals surface area contributed by atoms with Crippen LogP contribution >= 0.6 is 11.3 Å². The third-order valence-corrected chi connectivity index (χ3v) is 3.07. The summed E-state index contributed by atoms with van der Waals surface area (Å²) in [5, 5.41) is 0. The van der Waals surface area contributed by atoms with Crippen molar-refractivity contribution in [3.63, 3.8) is 0 Å². The number of hydrogen-bond donors (Lipinski definition) is 0. The summed E-state index contributed by atoms with van der Waals surface area (Å²) < 4.78 is 0. The summed E-state index contributed by atoms with van der Waals surface area (Å²) >= 11 is 1.78. The molecule has 0 bridgehead atoms. The molecular weight excluding hydrogens is 176 g/mol. The van der Waals surface area contributed by atoms with Gasteiger partial charge in [0.25, 0.3) is 0 Å². The van der Waals surface area contributed by atoms with E-state index in [0.29, 0.717) is 0 Å². The lowest BCUT2D eigenvalue weighted by molar-refractivity contribution is 1.42. The normalized spacial score (nSPS) is 8.62. The molecule has 0 spiro atoms. The van der Waals surface area contributed by atoms with Crippen molar-refractivity contribution in [2.45, 2.75) is 27.7 Å². The van der Waals surface area contributed by atoms with Crippen molar-refractivity contribution in [2.75, 3.05) is 0 Å². The van der Waals surface area contributed by atoms with Gasteiger partial charge < -0.3 is 0 Å². The van der Waals surface area contributed by atoms with Gasteiger partial charge in [-0.15, -0.1) is 11.3 Å². The van der Waals surface area contributed by atoms with Crippen LogP contribution in [0.2, 0.25) is 0 Å². The zero-order valence-corrected chi connectivity index (χ0v) is 9.79. The van der Waals surface area contributed by atoms with E-state index in [1.165, 1.54) is 20.9 Å². The molecule has 0 saturated carbocycles. The quantitative estimate of drug-likeness (QED) is 0.641. The average Bonchev–Trinajstić information content (AvgIpc) is 2.46. The van der Waals surface area contributed by atoms with Crippen molar-refractivity contribution in [1.29, 1.82) is 0 Å². The fourth-order valence-electron chi connectivity index (χ4n) is 1.08. The number of thiophene rings is 1. The number of hydrogen-bond acceptors (Lipinski definition) is 1. The molecule has 0 radical (unpaired) electrons. The van der Waals surface area contributed by atoms with Gasteiger partial charge in [0.2, 0.25) is 0 Å². The standard InChI is InChI=1S/C10H12S.C2H6/c1-5-9-7(3)8(4)11-10(9)6-2;1-2/h5-6H,1-2H2,3-4H3;1-2H3. The minimum absolute atomic E-state index is 1.23. The van der Waals surface area contributed by atoms with E-state index in [9.17, 15) is 0 Å². The number of rotatable bonds is 2. The zero-order chi connectivity index (χ0) is 10.4. The van der Waals surface area contributed by atoms with E-state index in [1.54, 1.807) is 11.3 Å². The monoisotopic (exact) mass is 194 g/mol. The van der Waals surface area contributed by atoms with Crippen molar-refractivity contribution in [2.24, 2.45) is 0 Å². The molecule has 0 saturated heterocycles. The molecule has 0 unspecified atom stereocenters. The molecule has 1 aromatic rings. The molecule has 0 aliphatic heterocycles. The van der Waals surface area contributed by atoms with E-state index in [0.717, 1.165) is 0 Å². The highest BCUT2D eigenvalue weighted by atomic mass is 32.1. The van der Waals surface area contributed by atoms with E-state index in [2.05, 4.69) is 27.0 Å². The predicted molar refractivity (Wildman–Crippen MR) is 65.3 cm³/mol. The maximum Gasteiger partial charge on any atom is 0.0342 e. The molecule has 0 fully saturated rings. The van der Waals surface area contributed by atoms with Crippen LogP contribution in [-0.4, -0.2) is 0 Å². The summed E-state index contributed by atoms with van der Waals surface area (Å²) in [6.07, 6.45) is 3.79.